The molecule has 2 fully saturated rings. The largest absolute Gasteiger partial charge is 0.354 e. The molecule has 1 atom stereocenters. The molecule has 0 spiro atoms. The van der Waals surface area contributed by atoms with E-state index in [1.54, 1.807) is 29.2 Å². The lowest BCUT2D eigenvalue weighted by molar-refractivity contribution is -0.396. The number of carbonyl (C=O) groups is 1. The first-order valence-corrected chi connectivity index (χ1v) is 21.2. The van der Waals surface area contributed by atoms with Gasteiger partial charge in [-0.2, -0.15) is 4.31 Å². The zero-order valence-corrected chi connectivity index (χ0v) is 34.4. The van der Waals surface area contributed by atoms with Crippen LogP contribution in [0.1, 0.15) is 74.6 Å². The Bertz CT molecular complexity index is 2740. The predicted octanol–water partition coefficient (Wildman–Crippen LogP) is 7.94. The van der Waals surface area contributed by atoms with Crippen LogP contribution in [0, 0.1) is 34.1 Å². The predicted molar refractivity (Wildman–Crippen MR) is 224 cm³/mol. The van der Waals surface area contributed by atoms with Crippen LogP contribution in [-0.2, 0) is 26.8 Å². The smallest absolute Gasteiger partial charge is 0.296 e. The van der Waals surface area contributed by atoms with Crippen molar-refractivity contribution in [3.63, 3.8) is 0 Å². The molecule has 3 aromatic heterocycles. The second kappa shape index (κ2) is 15.0. The number of sulfonamides is 1. The van der Waals surface area contributed by atoms with Gasteiger partial charge in [0.1, 0.15) is 5.52 Å². The van der Waals surface area contributed by atoms with Gasteiger partial charge in [0, 0.05) is 54.9 Å². The van der Waals surface area contributed by atoms with E-state index in [9.17, 15) is 33.4 Å². The number of imidazole rings is 1. The zero-order chi connectivity index (χ0) is 42.0. The standard InChI is InChI=1S/C43H46N8O7S/c1-26-19-27(2)21-29(20-26)40-39(34-22-30(8-14-35(34)46-40)43(4,5)42(52)49-31-9-10-32(49)12-11-31)28(3)24-48(18-17-47-25-45-36-7-6-16-44-41(36)47)59(57,58)38-15-13-33(50(53)54)23-37(38)51(55)56/h6-8,13-16,19-23,25,28,31-32,46H,9-12,17-18,24H2,1-5H3. The van der Waals surface area contributed by atoms with Crippen molar-refractivity contribution in [1.29, 1.82) is 0 Å². The number of carbonyl (C=O) groups excluding carboxylic acids is 1. The molecular formula is C43H46N8O7S. The summed E-state index contributed by atoms with van der Waals surface area (Å²) >= 11 is 0. The highest BCUT2D eigenvalue weighted by Crippen LogP contribution is 2.43. The highest BCUT2D eigenvalue weighted by molar-refractivity contribution is 7.89. The number of benzene rings is 3. The summed E-state index contributed by atoms with van der Waals surface area (Å²) in [4.78, 5) is 50.4. The molecule has 306 valence electrons. The minimum atomic E-state index is -4.66. The summed E-state index contributed by atoms with van der Waals surface area (Å²) in [5, 5.41) is 24.7. The SMILES string of the molecule is Cc1cc(C)cc(-c2[nH]c3ccc(C(C)(C)C(=O)N4C5CCC4CC5)cc3c2C(C)CN(CCn2cnc3cccnc32)S(=O)(=O)c2ccc([N+](=O)[O-])cc2[N+](=O)[O-])c1. The van der Waals surface area contributed by atoms with Crippen LogP contribution in [0.15, 0.2) is 84.1 Å². The van der Waals surface area contributed by atoms with Crippen molar-refractivity contribution in [1.82, 2.24) is 28.7 Å². The van der Waals surface area contributed by atoms with Crippen LogP contribution in [0.2, 0.25) is 0 Å². The number of nitrogens with zero attached hydrogens (tertiary/aromatic N) is 7. The lowest BCUT2D eigenvalue weighted by atomic mass is 9.81. The Hall–Kier alpha value is -6.00. The number of non-ortho nitro benzene ring substituents is 1. The molecule has 0 aliphatic carbocycles. The molecule has 2 aliphatic heterocycles. The summed E-state index contributed by atoms with van der Waals surface area (Å²) in [7, 11) is -4.66. The third kappa shape index (κ3) is 7.13. The van der Waals surface area contributed by atoms with Crippen LogP contribution in [0.3, 0.4) is 0 Å². The summed E-state index contributed by atoms with van der Waals surface area (Å²) in [5.74, 6) is -0.419. The van der Waals surface area contributed by atoms with Gasteiger partial charge in [-0.05, 0) is 118 Å². The molecule has 1 amide bonds. The van der Waals surface area contributed by atoms with Gasteiger partial charge in [0.2, 0.25) is 15.9 Å². The quantitative estimate of drug-likeness (QED) is 0.0890. The maximum absolute atomic E-state index is 14.8. The minimum Gasteiger partial charge on any atom is -0.354 e. The number of rotatable bonds is 13. The molecule has 2 aliphatic rings. The van der Waals surface area contributed by atoms with Crippen LogP contribution >= 0.6 is 0 Å². The fourth-order valence-corrected chi connectivity index (χ4v) is 10.9. The molecule has 16 heteroatoms. The summed E-state index contributed by atoms with van der Waals surface area (Å²) in [5.41, 5.74) is 5.08. The molecule has 2 bridgehead atoms. The first-order chi connectivity index (χ1) is 28.0. The number of nitro benzene ring substituents is 2. The Labute approximate surface area is 341 Å². The van der Waals surface area contributed by atoms with E-state index in [1.165, 1.54) is 4.31 Å². The Morgan fingerprint density at radius 1 is 0.949 bits per heavy atom. The van der Waals surface area contributed by atoms with E-state index in [2.05, 4.69) is 38.1 Å². The first-order valence-electron chi connectivity index (χ1n) is 19.8. The van der Waals surface area contributed by atoms with Crippen molar-refractivity contribution in [3.05, 3.63) is 122 Å². The second-order valence-corrected chi connectivity index (χ2v) is 18.5. The molecule has 3 aromatic carbocycles. The van der Waals surface area contributed by atoms with Crippen LogP contribution < -0.4 is 0 Å². The lowest BCUT2D eigenvalue weighted by Crippen LogP contribution is -2.45. The van der Waals surface area contributed by atoms with Crippen molar-refractivity contribution in [3.8, 4) is 11.3 Å². The number of amides is 1. The highest BCUT2D eigenvalue weighted by Gasteiger charge is 2.47. The molecule has 2 saturated heterocycles. The van der Waals surface area contributed by atoms with Gasteiger partial charge in [-0.3, -0.25) is 25.0 Å². The normalized spacial score (nSPS) is 17.4. The number of fused-ring (bicyclic) bond motifs is 4. The van der Waals surface area contributed by atoms with Crippen LogP contribution in [0.25, 0.3) is 33.3 Å². The molecule has 0 saturated carbocycles. The van der Waals surface area contributed by atoms with Gasteiger partial charge in [-0.25, -0.2) is 18.4 Å². The Morgan fingerprint density at radius 2 is 1.64 bits per heavy atom. The number of H-pyrrole nitrogens is 1. The molecule has 0 radical (unpaired) electrons. The highest BCUT2D eigenvalue weighted by atomic mass is 32.2. The van der Waals surface area contributed by atoms with Gasteiger partial charge >= 0.3 is 0 Å². The van der Waals surface area contributed by atoms with Gasteiger partial charge in [-0.15, -0.1) is 0 Å². The van der Waals surface area contributed by atoms with Crippen LogP contribution in [-0.4, -0.2) is 78.1 Å². The van der Waals surface area contributed by atoms with Crippen LogP contribution in [0.5, 0.6) is 0 Å². The molecule has 15 nitrogen and oxygen atoms in total. The summed E-state index contributed by atoms with van der Waals surface area (Å²) in [6.07, 6.45) is 7.29. The molecule has 1 unspecified atom stereocenters. The van der Waals surface area contributed by atoms with Crippen molar-refractivity contribution in [2.75, 3.05) is 13.1 Å². The number of pyridine rings is 1. The number of aryl methyl sites for hydroxylation is 2. The fraction of sp³-hybridized carbons (Fsp3) is 0.372. The summed E-state index contributed by atoms with van der Waals surface area (Å²) in [6, 6.07) is 18.9. The molecule has 8 rings (SSSR count). The van der Waals surface area contributed by atoms with Crippen molar-refractivity contribution in [2.24, 2.45) is 0 Å². The first kappa shape index (κ1) is 39.8. The Morgan fingerprint density at radius 3 is 2.31 bits per heavy atom. The third-order valence-corrected chi connectivity index (χ3v) is 14.1. The van der Waals surface area contributed by atoms with E-state index in [0.29, 0.717) is 17.2 Å². The number of nitrogens with one attached hydrogen (secondary N) is 1. The maximum Gasteiger partial charge on any atom is 0.296 e. The number of nitro groups is 2. The molecular weight excluding hydrogens is 773 g/mol. The Balaban J connectivity index is 1.24. The van der Waals surface area contributed by atoms with Gasteiger partial charge in [0.25, 0.3) is 11.4 Å². The average Bonchev–Trinajstić information content (AvgIpc) is 4.00. The van der Waals surface area contributed by atoms with Crippen LogP contribution in [0.4, 0.5) is 11.4 Å². The number of aromatic nitrogens is 4. The topological polar surface area (TPSA) is 190 Å². The van der Waals surface area contributed by atoms with Gasteiger partial charge in [0.05, 0.1) is 33.3 Å². The minimum absolute atomic E-state index is 0.102. The number of aromatic amines is 1. The van der Waals surface area contributed by atoms with Crippen molar-refractivity contribution < 1.29 is 23.1 Å². The maximum atomic E-state index is 14.8. The lowest BCUT2D eigenvalue weighted by Gasteiger charge is -2.33. The molecule has 6 aromatic rings. The number of hydrogen-bond donors (Lipinski definition) is 1. The van der Waals surface area contributed by atoms with Gasteiger partial charge in [-0.1, -0.05) is 30.2 Å². The van der Waals surface area contributed by atoms with E-state index in [4.69, 9.17) is 0 Å². The Kier molecular flexibility index (Phi) is 10.1. The summed E-state index contributed by atoms with van der Waals surface area (Å²) < 4.78 is 32.5. The molecule has 5 heterocycles. The van der Waals surface area contributed by atoms with Gasteiger partial charge in [0.15, 0.2) is 10.5 Å². The van der Waals surface area contributed by atoms with E-state index in [0.717, 1.165) is 82.2 Å². The van der Waals surface area contributed by atoms with Crippen molar-refractivity contribution in [2.45, 2.75) is 95.2 Å². The monoisotopic (exact) mass is 818 g/mol. The second-order valence-electron chi connectivity index (χ2n) is 16.6. The zero-order valence-electron chi connectivity index (χ0n) is 33.6. The van der Waals surface area contributed by atoms with E-state index < -0.39 is 47.5 Å². The fourth-order valence-electron chi connectivity index (χ4n) is 9.26. The molecule has 59 heavy (non-hydrogen) atoms. The third-order valence-electron chi connectivity index (χ3n) is 12.2. The number of hydrogen-bond acceptors (Lipinski definition) is 9. The van der Waals surface area contributed by atoms with E-state index in [-0.39, 0.29) is 37.6 Å². The molecule has 1 N–H and O–H groups in total. The van der Waals surface area contributed by atoms with Gasteiger partial charge < -0.3 is 14.5 Å². The van der Waals surface area contributed by atoms with Crippen molar-refractivity contribution >= 4 is 49.4 Å². The average molecular weight is 819 g/mol. The summed E-state index contributed by atoms with van der Waals surface area (Å²) in [6.45, 7) is 9.74. The van der Waals surface area contributed by atoms with E-state index >= 15 is 0 Å². The van der Waals surface area contributed by atoms with E-state index in [1.807, 2.05) is 52.8 Å².